The molecule has 1 saturated carbocycles. The molecule has 0 aromatic heterocycles. The fourth-order valence-corrected chi connectivity index (χ4v) is 2.77. The van der Waals surface area contributed by atoms with E-state index in [0.717, 1.165) is 18.4 Å². The molecule has 0 heterocycles. The van der Waals surface area contributed by atoms with Crippen molar-refractivity contribution >= 4 is 5.91 Å². The van der Waals surface area contributed by atoms with Crippen LogP contribution >= 0.6 is 0 Å². The van der Waals surface area contributed by atoms with Crippen LogP contribution in [0.25, 0.3) is 0 Å². The summed E-state index contributed by atoms with van der Waals surface area (Å²) >= 11 is 0. The molecule has 1 aliphatic carbocycles. The first-order chi connectivity index (χ1) is 9.85. The third kappa shape index (κ3) is 3.83. The Morgan fingerprint density at radius 3 is 2.48 bits per heavy atom. The molecule has 4 nitrogen and oxygen atoms in total. The lowest BCUT2D eigenvalue weighted by Crippen LogP contribution is -2.54. The molecule has 1 aromatic rings. The number of nitrogens with one attached hydrogen (secondary N) is 2. The summed E-state index contributed by atoms with van der Waals surface area (Å²) in [5, 5.41) is 15.6. The van der Waals surface area contributed by atoms with Crippen LogP contribution in [-0.4, -0.2) is 24.0 Å². The van der Waals surface area contributed by atoms with E-state index in [1.54, 1.807) is 0 Å². The summed E-state index contributed by atoms with van der Waals surface area (Å²) in [6.45, 7) is 6.19. The molecule has 2 N–H and O–H groups in total. The predicted molar refractivity (Wildman–Crippen MR) is 82.7 cm³/mol. The third-order valence-corrected chi connectivity index (χ3v) is 3.80. The molecule has 1 aromatic carbocycles. The quantitative estimate of drug-likeness (QED) is 0.890. The molecule has 0 radical (unpaired) electrons. The molecule has 0 unspecified atom stereocenters. The number of carbonyl (C=O) groups is 1. The number of nitriles is 1. The number of amides is 1. The number of nitrogens with zero attached hydrogens (tertiary/aromatic N) is 1. The van der Waals surface area contributed by atoms with Crippen molar-refractivity contribution in [3.05, 3.63) is 35.9 Å². The van der Waals surface area contributed by atoms with Crippen molar-refractivity contribution in [2.45, 2.75) is 50.6 Å². The molecule has 0 bridgehead atoms. The van der Waals surface area contributed by atoms with Crippen molar-refractivity contribution < 1.29 is 4.79 Å². The van der Waals surface area contributed by atoms with Crippen LogP contribution in [0.1, 0.15) is 39.2 Å². The van der Waals surface area contributed by atoms with Crippen molar-refractivity contribution in [1.82, 2.24) is 10.6 Å². The second-order valence-electron chi connectivity index (χ2n) is 6.84. The highest BCUT2D eigenvalue weighted by Gasteiger charge is 2.45. The Hall–Kier alpha value is -1.86. The van der Waals surface area contributed by atoms with E-state index in [9.17, 15) is 10.1 Å². The molecule has 0 atom stereocenters. The van der Waals surface area contributed by atoms with Gasteiger partial charge in [0.05, 0.1) is 18.0 Å². The van der Waals surface area contributed by atoms with Gasteiger partial charge in [0.1, 0.15) is 0 Å². The van der Waals surface area contributed by atoms with Gasteiger partial charge in [-0.05, 0) is 39.2 Å². The Balaban J connectivity index is 1.84. The topological polar surface area (TPSA) is 64.9 Å². The van der Waals surface area contributed by atoms with E-state index in [0.29, 0.717) is 6.54 Å². The van der Waals surface area contributed by atoms with Gasteiger partial charge in [-0.3, -0.25) is 4.79 Å². The van der Waals surface area contributed by atoms with Gasteiger partial charge in [0.2, 0.25) is 5.91 Å². The zero-order valence-corrected chi connectivity index (χ0v) is 12.9. The summed E-state index contributed by atoms with van der Waals surface area (Å²) in [5.74, 6) is -0.00308. The Morgan fingerprint density at radius 1 is 1.33 bits per heavy atom. The molecular formula is C17H23N3O. The molecule has 21 heavy (non-hydrogen) atoms. The Morgan fingerprint density at radius 2 is 1.95 bits per heavy atom. The van der Waals surface area contributed by atoms with Crippen LogP contribution in [0, 0.1) is 11.3 Å². The normalized spacial score (nSPS) is 24.8. The molecule has 0 saturated heterocycles. The van der Waals surface area contributed by atoms with E-state index in [1.807, 2.05) is 51.1 Å². The molecule has 0 aliphatic heterocycles. The van der Waals surface area contributed by atoms with E-state index in [-0.39, 0.29) is 22.9 Å². The van der Waals surface area contributed by atoms with Crippen LogP contribution in [-0.2, 0) is 10.2 Å². The number of rotatable bonds is 4. The first kappa shape index (κ1) is 15.5. The monoisotopic (exact) mass is 285 g/mol. The largest absolute Gasteiger partial charge is 0.350 e. The highest BCUT2D eigenvalue weighted by atomic mass is 16.2. The molecule has 1 aliphatic rings. The average molecular weight is 285 g/mol. The van der Waals surface area contributed by atoms with Crippen molar-refractivity contribution in [3.8, 4) is 6.07 Å². The minimum Gasteiger partial charge on any atom is -0.350 e. The maximum absolute atomic E-state index is 11.8. The Kier molecular flexibility index (Phi) is 4.34. The van der Waals surface area contributed by atoms with Gasteiger partial charge in [-0.15, -0.1) is 0 Å². The maximum atomic E-state index is 11.8. The maximum Gasteiger partial charge on any atom is 0.234 e. The van der Waals surface area contributed by atoms with Gasteiger partial charge in [-0.25, -0.2) is 0 Å². The lowest BCUT2D eigenvalue weighted by molar-refractivity contribution is -0.121. The van der Waals surface area contributed by atoms with E-state index >= 15 is 0 Å². The number of hydrogen-bond donors (Lipinski definition) is 2. The predicted octanol–water partition coefficient (Wildman–Crippen LogP) is 2.11. The van der Waals surface area contributed by atoms with Crippen molar-refractivity contribution in [2.24, 2.45) is 0 Å². The summed E-state index contributed by atoms with van der Waals surface area (Å²) in [7, 11) is 0. The zero-order valence-electron chi connectivity index (χ0n) is 12.9. The fourth-order valence-electron chi connectivity index (χ4n) is 2.77. The standard InChI is InChI=1S/C17H23N3O/c1-16(2,3)20-15(21)11-19-14-9-17(10-14,12-18)13-7-5-4-6-8-13/h4-8,14,19H,9-11H2,1-3H3,(H,20,21). The van der Waals surface area contributed by atoms with Crippen LogP contribution in [0.3, 0.4) is 0 Å². The average Bonchev–Trinajstić information content (AvgIpc) is 2.37. The van der Waals surface area contributed by atoms with Gasteiger partial charge in [0.15, 0.2) is 0 Å². The number of benzene rings is 1. The van der Waals surface area contributed by atoms with Gasteiger partial charge in [-0.2, -0.15) is 5.26 Å². The molecule has 1 fully saturated rings. The molecule has 4 heteroatoms. The molecule has 0 spiro atoms. The summed E-state index contributed by atoms with van der Waals surface area (Å²) < 4.78 is 0. The minimum atomic E-state index is -0.389. The lowest BCUT2D eigenvalue weighted by atomic mass is 9.62. The van der Waals surface area contributed by atoms with Crippen molar-refractivity contribution in [3.63, 3.8) is 0 Å². The van der Waals surface area contributed by atoms with Gasteiger partial charge >= 0.3 is 0 Å². The summed E-state index contributed by atoms with van der Waals surface area (Å²) in [5.41, 5.74) is 0.475. The van der Waals surface area contributed by atoms with Crippen molar-refractivity contribution in [2.75, 3.05) is 6.54 Å². The molecule has 1 amide bonds. The second-order valence-corrected chi connectivity index (χ2v) is 6.84. The SMILES string of the molecule is CC(C)(C)NC(=O)CNC1CC(C#N)(c2ccccc2)C1. The number of carbonyl (C=O) groups excluding carboxylic acids is 1. The Bertz CT molecular complexity index is 533. The third-order valence-electron chi connectivity index (χ3n) is 3.80. The molecule has 112 valence electrons. The van der Waals surface area contributed by atoms with Crippen LogP contribution in [0.15, 0.2) is 30.3 Å². The summed E-state index contributed by atoms with van der Waals surface area (Å²) in [6.07, 6.45) is 1.52. The number of hydrogen-bond acceptors (Lipinski definition) is 3. The van der Waals surface area contributed by atoms with E-state index in [4.69, 9.17) is 0 Å². The first-order valence-corrected chi connectivity index (χ1v) is 7.36. The van der Waals surface area contributed by atoms with Gasteiger partial charge in [-0.1, -0.05) is 30.3 Å². The van der Waals surface area contributed by atoms with Crippen LogP contribution < -0.4 is 10.6 Å². The molecule has 2 rings (SSSR count). The summed E-state index contributed by atoms with van der Waals surface area (Å²) in [6, 6.07) is 12.6. The van der Waals surface area contributed by atoms with Gasteiger partial charge in [0, 0.05) is 11.6 Å². The first-order valence-electron chi connectivity index (χ1n) is 7.36. The van der Waals surface area contributed by atoms with Crippen LogP contribution in [0.4, 0.5) is 0 Å². The van der Waals surface area contributed by atoms with E-state index in [1.165, 1.54) is 0 Å². The zero-order chi connectivity index (χ0) is 15.5. The smallest absolute Gasteiger partial charge is 0.234 e. The Labute approximate surface area is 126 Å². The van der Waals surface area contributed by atoms with Crippen molar-refractivity contribution in [1.29, 1.82) is 5.26 Å². The lowest BCUT2D eigenvalue weighted by Gasteiger charge is -2.43. The molecular weight excluding hydrogens is 262 g/mol. The highest BCUT2D eigenvalue weighted by molar-refractivity contribution is 5.78. The van der Waals surface area contributed by atoms with E-state index < -0.39 is 0 Å². The highest BCUT2D eigenvalue weighted by Crippen LogP contribution is 2.43. The van der Waals surface area contributed by atoms with Crippen LogP contribution in [0.5, 0.6) is 0 Å². The van der Waals surface area contributed by atoms with Gasteiger partial charge < -0.3 is 10.6 Å². The fraction of sp³-hybridized carbons (Fsp3) is 0.529. The van der Waals surface area contributed by atoms with E-state index in [2.05, 4.69) is 16.7 Å². The van der Waals surface area contributed by atoms with Crippen LogP contribution in [0.2, 0.25) is 0 Å². The van der Waals surface area contributed by atoms with Gasteiger partial charge in [0.25, 0.3) is 0 Å². The summed E-state index contributed by atoms with van der Waals surface area (Å²) in [4.78, 5) is 11.8. The minimum absolute atomic E-state index is 0.00308. The second kappa shape index (κ2) is 5.87.